The molecule has 0 aliphatic heterocycles. The molecule has 1 aliphatic carbocycles. The topological polar surface area (TPSA) is 118 Å². The number of nitrogens with one attached hydrogen (secondary N) is 1. The van der Waals surface area contributed by atoms with Crippen LogP contribution in [0.25, 0.3) is 11.7 Å². The Bertz CT molecular complexity index is 1110. The summed E-state index contributed by atoms with van der Waals surface area (Å²) in [5, 5.41) is 17.9. The molecule has 0 spiro atoms. The number of aryl methyl sites for hydroxylation is 1. The van der Waals surface area contributed by atoms with Crippen molar-refractivity contribution >= 4 is 23.5 Å². The first kappa shape index (κ1) is 23.5. The number of aromatic nitrogens is 3. The van der Waals surface area contributed by atoms with Gasteiger partial charge in [-0.3, -0.25) is 19.0 Å². The molecule has 0 saturated heterocycles. The number of hydrogen-bond acceptors (Lipinski definition) is 6. The van der Waals surface area contributed by atoms with Crippen LogP contribution in [0, 0.1) is 12.8 Å². The van der Waals surface area contributed by atoms with Crippen molar-refractivity contribution in [1.29, 1.82) is 0 Å². The van der Waals surface area contributed by atoms with Gasteiger partial charge in [0.2, 0.25) is 11.8 Å². The highest BCUT2D eigenvalue weighted by molar-refractivity contribution is 5.97. The number of ether oxygens (including phenoxy) is 1. The quantitative estimate of drug-likeness (QED) is 0.560. The van der Waals surface area contributed by atoms with E-state index in [-0.39, 0.29) is 23.4 Å². The Kier molecular flexibility index (Phi) is 7.02. The second-order valence-electron chi connectivity index (χ2n) is 8.58. The number of amides is 2. The van der Waals surface area contributed by atoms with Gasteiger partial charge in [0, 0.05) is 44.9 Å². The molecule has 3 rings (SSSR count). The molecule has 10 nitrogen and oxygen atoms in total. The Morgan fingerprint density at radius 1 is 1.38 bits per heavy atom. The van der Waals surface area contributed by atoms with Gasteiger partial charge in [0.05, 0.1) is 12.3 Å². The molecule has 32 heavy (non-hydrogen) atoms. The Hall–Kier alpha value is -3.14. The molecule has 2 heterocycles. The van der Waals surface area contributed by atoms with E-state index in [2.05, 4.69) is 10.4 Å². The minimum Gasteiger partial charge on any atom is -0.492 e. The van der Waals surface area contributed by atoms with Crippen molar-refractivity contribution in [3.8, 4) is 5.88 Å². The third-order valence-corrected chi connectivity index (χ3v) is 5.31. The summed E-state index contributed by atoms with van der Waals surface area (Å²) in [6.45, 7) is 6.80. The standard InChI is InChI=1S/C22H31N5O5/c1-13(2)12-26-20-16(8-9-17(28)25(4)10-11-32-5)14(3)24-27(20)22(31)18(21(26)30)19(29)23-15-6-7-15/h8-9,13,15,31H,6-7,10-12H2,1-5H3,(H,23,29)/b9-8+. The van der Waals surface area contributed by atoms with Gasteiger partial charge in [-0.2, -0.15) is 9.61 Å². The van der Waals surface area contributed by atoms with Gasteiger partial charge in [0.1, 0.15) is 5.65 Å². The first-order chi connectivity index (χ1) is 15.1. The van der Waals surface area contributed by atoms with E-state index in [1.54, 1.807) is 27.2 Å². The van der Waals surface area contributed by atoms with Crippen LogP contribution in [0.4, 0.5) is 0 Å². The minimum atomic E-state index is -0.602. The van der Waals surface area contributed by atoms with Crippen LogP contribution in [-0.4, -0.2) is 69.4 Å². The summed E-state index contributed by atoms with van der Waals surface area (Å²) < 4.78 is 7.65. The number of rotatable bonds is 9. The average molecular weight is 446 g/mol. The Morgan fingerprint density at radius 2 is 2.06 bits per heavy atom. The fourth-order valence-corrected chi connectivity index (χ4v) is 3.40. The van der Waals surface area contributed by atoms with Gasteiger partial charge in [-0.05, 0) is 31.8 Å². The van der Waals surface area contributed by atoms with Crippen molar-refractivity contribution in [1.82, 2.24) is 24.4 Å². The zero-order valence-corrected chi connectivity index (χ0v) is 19.2. The highest BCUT2D eigenvalue weighted by Gasteiger charge is 2.30. The average Bonchev–Trinajstić information content (AvgIpc) is 3.48. The number of carbonyl (C=O) groups is 2. The lowest BCUT2D eigenvalue weighted by atomic mass is 10.1. The van der Waals surface area contributed by atoms with E-state index in [1.807, 2.05) is 13.8 Å². The van der Waals surface area contributed by atoms with Crippen molar-refractivity contribution in [3.63, 3.8) is 0 Å². The van der Waals surface area contributed by atoms with Gasteiger partial charge in [0.25, 0.3) is 11.5 Å². The summed E-state index contributed by atoms with van der Waals surface area (Å²) >= 11 is 0. The first-order valence-corrected chi connectivity index (χ1v) is 10.7. The molecule has 10 heteroatoms. The molecule has 2 N–H and O–H groups in total. The van der Waals surface area contributed by atoms with Crippen molar-refractivity contribution in [2.45, 2.75) is 46.2 Å². The molecule has 2 aromatic heterocycles. The molecule has 174 valence electrons. The van der Waals surface area contributed by atoms with Crippen molar-refractivity contribution in [2.75, 3.05) is 27.3 Å². The number of carbonyl (C=O) groups excluding carboxylic acids is 2. The minimum absolute atomic E-state index is 0.0366. The summed E-state index contributed by atoms with van der Waals surface area (Å²) in [5.41, 5.74) is 0.477. The highest BCUT2D eigenvalue weighted by Crippen LogP contribution is 2.25. The lowest BCUT2D eigenvalue weighted by molar-refractivity contribution is -0.125. The fraction of sp³-hybridized carbons (Fsp3) is 0.545. The van der Waals surface area contributed by atoms with Gasteiger partial charge in [-0.25, -0.2) is 0 Å². The maximum absolute atomic E-state index is 13.3. The maximum Gasteiger partial charge on any atom is 0.270 e. The third kappa shape index (κ3) is 4.85. The molecule has 1 aliphatic rings. The number of hydrogen-bond donors (Lipinski definition) is 2. The SMILES string of the molecule is COCCN(C)C(=O)/C=C/c1c(C)nn2c(O)c(C(=O)NC3CC3)c(=O)n(CC(C)C)c12. The van der Waals surface area contributed by atoms with Crippen LogP contribution in [0.5, 0.6) is 5.88 Å². The van der Waals surface area contributed by atoms with E-state index in [4.69, 9.17) is 4.74 Å². The van der Waals surface area contributed by atoms with Gasteiger partial charge in [-0.15, -0.1) is 0 Å². The number of aromatic hydroxyl groups is 1. The lowest BCUT2D eigenvalue weighted by Gasteiger charge is -2.15. The molecular weight excluding hydrogens is 414 g/mol. The predicted molar refractivity (Wildman–Crippen MR) is 120 cm³/mol. The summed E-state index contributed by atoms with van der Waals surface area (Å²) in [7, 11) is 3.23. The first-order valence-electron chi connectivity index (χ1n) is 10.7. The largest absolute Gasteiger partial charge is 0.492 e. The van der Waals surface area contributed by atoms with E-state index in [1.165, 1.54) is 20.1 Å². The van der Waals surface area contributed by atoms with E-state index >= 15 is 0 Å². The molecule has 1 saturated carbocycles. The molecule has 0 atom stereocenters. The van der Waals surface area contributed by atoms with E-state index in [0.717, 1.165) is 12.8 Å². The van der Waals surface area contributed by atoms with Gasteiger partial charge in [-0.1, -0.05) is 13.8 Å². The summed E-state index contributed by atoms with van der Waals surface area (Å²) in [5.74, 6) is -1.25. The highest BCUT2D eigenvalue weighted by atomic mass is 16.5. The van der Waals surface area contributed by atoms with Gasteiger partial charge >= 0.3 is 0 Å². The van der Waals surface area contributed by atoms with Gasteiger partial charge in [0.15, 0.2) is 5.56 Å². The fourth-order valence-electron chi connectivity index (χ4n) is 3.40. The number of methoxy groups -OCH3 is 1. The Morgan fingerprint density at radius 3 is 2.66 bits per heavy atom. The molecule has 0 bridgehead atoms. The third-order valence-electron chi connectivity index (χ3n) is 5.31. The Labute approximate surface area is 186 Å². The van der Waals surface area contributed by atoms with Gasteiger partial charge < -0.3 is 20.1 Å². The summed E-state index contributed by atoms with van der Waals surface area (Å²) in [6.07, 6.45) is 4.70. The van der Waals surface area contributed by atoms with Crippen LogP contribution < -0.4 is 10.9 Å². The Balaban J connectivity index is 2.11. The number of nitrogens with zero attached hydrogens (tertiary/aromatic N) is 4. The molecule has 2 amide bonds. The summed E-state index contributed by atoms with van der Waals surface area (Å²) in [6, 6.07) is 0.0366. The monoisotopic (exact) mass is 445 g/mol. The van der Waals surface area contributed by atoms with Crippen LogP contribution >= 0.6 is 0 Å². The van der Waals surface area contributed by atoms with Crippen molar-refractivity contribution in [3.05, 3.63) is 33.3 Å². The number of fused-ring (bicyclic) bond motifs is 1. The van der Waals surface area contributed by atoms with Crippen LogP contribution in [0.3, 0.4) is 0 Å². The van der Waals surface area contributed by atoms with Crippen LogP contribution in [0.15, 0.2) is 10.9 Å². The lowest BCUT2D eigenvalue weighted by Crippen LogP contribution is -2.36. The predicted octanol–water partition coefficient (Wildman–Crippen LogP) is 1.18. The maximum atomic E-state index is 13.3. The van der Waals surface area contributed by atoms with Crippen molar-refractivity contribution < 1.29 is 19.4 Å². The normalized spacial score (nSPS) is 13.9. The zero-order valence-electron chi connectivity index (χ0n) is 19.2. The molecule has 0 unspecified atom stereocenters. The van der Waals surface area contributed by atoms with Crippen LogP contribution in [0.2, 0.25) is 0 Å². The van der Waals surface area contributed by atoms with Crippen LogP contribution in [0.1, 0.15) is 48.3 Å². The molecule has 0 aromatic carbocycles. The van der Waals surface area contributed by atoms with Crippen LogP contribution in [-0.2, 0) is 16.1 Å². The second-order valence-corrected chi connectivity index (χ2v) is 8.58. The number of likely N-dealkylation sites (N-methyl/N-ethyl adjacent to an activating group) is 1. The summed E-state index contributed by atoms with van der Waals surface area (Å²) in [4.78, 5) is 39.9. The zero-order chi connectivity index (χ0) is 23.6. The van der Waals surface area contributed by atoms with E-state index in [9.17, 15) is 19.5 Å². The molecule has 0 radical (unpaired) electrons. The molecule has 1 fully saturated rings. The smallest absolute Gasteiger partial charge is 0.270 e. The molecular formula is C22H31N5O5. The second kappa shape index (κ2) is 9.56. The molecule has 2 aromatic rings. The van der Waals surface area contributed by atoms with E-state index in [0.29, 0.717) is 36.6 Å². The van der Waals surface area contributed by atoms with Crippen molar-refractivity contribution in [2.24, 2.45) is 5.92 Å². The van der Waals surface area contributed by atoms with E-state index < -0.39 is 17.3 Å².